The van der Waals surface area contributed by atoms with E-state index in [4.69, 9.17) is 23.5 Å². The molecule has 0 aromatic heterocycles. The number of rotatable bonds is 12. The van der Waals surface area contributed by atoms with Crippen molar-refractivity contribution in [3.8, 4) is 5.75 Å². The van der Waals surface area contributed by atoms with Crippen molar-refractivity contribution in [2.24, 2.45) is 0 Å². The summed E-state index contributed by atoms with van der Waals surface area (Å²) >= 11 is 0. The van der Waals surface area contributed by atoms with E-state index in [1.165, 1.54) is 11.9 Å². The molecule has 1 fully saturated rings. The van der Waals surface area contributed by atoms with Crippen LogP contribution in [0.4, 0.5) is 4.79 Å². The van der Waals surface area contributed by atoms with Crippen molar-refractivity contribution in [3.05, 3.63) is 95.1 Å². The summed E-state index contributed by atoms with van der Waals surface area (Å²) in [5.41, 5.74) is 2.16. The number of esters is 1. The number of benzene rings is 3. The highest BCUT2D eigenvalue weighted by Gasteiger charge is 2.52. The quantitative estimate of drug-likeness (QED) is 0.195. The van der Waals surface area contributed by atoms with Crippen LogP contribution < -0.4 is 15.5 Å². The van der Waals surface area contributed by atoms with E-state index >= 15 is 0 Å². The minimum absolute atomic E-state index is 0.0262. The molecule has 2 amide bonds. The highest BCUT2D eigenvalue weighted by Crippen LogP contribution is 2.37. The minimum atomic E-state index is -1.10. The van der Waals surface area contributed by atoms with Crippen LogP contribution in [0.5, 0.6) is 5.75 Å². The van der Waals surface area contributed by atoms with E-state index in [1.807, 2.05) is 101 Å². The number of carbonyl (C=O) groups is 3. The number of nitrogens with zero attached hydrogens (tertiary/aromatic N) is 1. The summed E-state index contributed by atoms with van der Waals surface area (Å²) in [5.74, 6) is -0.582. The third-order valence-corrected chi connectivity index (χ3v) is 9.07. The lowest BCUT2D eigenvalue weighted by Gasteiger charge is -2.32. The van der Waals surface area contributed by atoms with Gasteiger partial charge in [-0.2, -0.15) is 0 Å². The zero-order valence-corrected chi connectivity index (χ0v) is 31.0. The summed E-state index contributed by atoms with van der Waals surface area (Å²) in [7, 11) is 2.38. The van der Waals surface area contributed by atoms with Crippen LogP contribution in [0.1, 0.15) is 70.7 Å². The smallest absolute Gasteiger partial charge is 0.497 e. The van der Waals surface area contributed by atoms with Crippen molar-refractivity contribution in [1.82, 2.24) is 10.2 Å². The molecule has 268 valence electrons. The van der Waals surface area contributed by atoms with E-state index in [9.17, 15) is 14.4 Å². The van der Waals surface area contributed by atoms with Crippen LogP contribution in [0.25, 0.3) is 0 Å². The lowest BCUT2D eigenvalue weighted by atomic mass is 9.77. The second kappa shape index (κ2) is 15.7. The summed E-state index contributed by atoms with van der Waals surface area (Å²) < 4.78 is 29.7. The molecule has 11 heteroatoms. The number of hydrogen-bond acceptors (Lipinski definition) is 8. The van der Waals surface area contributed by atoms with Gasteiger partial charge in [-0.05, 0) is 78.1 Å². The first kappa shape index (κ1) is 38.5. The molecule has 1 heterocycles. The Morgan fingerprint density at radius 3 is 2.04 bits per heavy atom. The number of nitrogens with one attached hydrogen (secondary N) is 1. The summed E-state index contributed by atoms with van der Waals surface area (Å²) in [6.45, 7) is 15.2. The van der Waals surface area contributed by atoms with E-state index in [0.29, 0.717) is 16.8 Å². The average Bonchev–Trinajstić information content (AvgIpc) is 3.28. The molecule has 2 atom stereocenters. The first-order valence-corrected chi connectivity index (χ1v) is 16.9. The molecule has 0 bridgehead atoms. The fourth-order valence-corrected chi connectivity index (χ4v) is 5.41. The summed E-state index contributed by atoms with van der Waals surface area (Å²) in [6.07, 6.45) is -0.374. The number of methoxy groups -OCH3 is 1. The summed E-state index contributed by atoms with van der Waals surface area (Å²) in [6, 6.07) is 20.4. The van der Waals surface area contributed by atoms with E-state index < -0.39 is 54.0 Å². The maximum Gasteiger partial charge on any atom is 0.498 e. The van der Waals surface area contributed by atoms with E-state index in [0.717, 1.165) is 16.7 Å². The van der Waals surface area contributed by atoms with Gasteiger partial charge in [-0.1, -0.05) is 72.3 Å². The van der Waals surface area contributed by atoms with E-state index in [-0.39, 0.29) is 19.4 Å². The highest BCUT2D eigenvalue weighted by molar-refractivity contribution is 6.63. The van der Waals surface area contributed by atoms with Gasteiger partial charge < -0.3 is 28.8 Å². The Balaban J connectivity index is 1.65. The molecular weight excluding hydrogens is 635 g/mol. The fraction of sp³-hybridized carbons (Fsp3) is 0.462. The first-order valence-electron chi connectivity index (χ1n) is 16.9. The van der Waals surface area contributed by atoms with Crippen molar-refractivity contribution >= 4 is 30.6 Å². The van der Waals surface area contributed by atoms with Crippen LogP contribution in [0.2, 0.25) is 0 Å². The molecule has 1 aliphatic heterocycles. The van der Waals surface area contributed by atoms with Gasteiger partial charge in [-0.15, -0.1) is 0 Å². The topological polar surface area (TPSA) is 113 Å². The monoisotopic (exact) mass is 686 g/mol. The van der Waals surface area contributed by atoms with Crippen molar-refractivity contribution in [1.29, 1.82) is 0 Å². The van der Waals surface area contributed by atoms with Gasteiger partial charge in [-0.25, -0.2) is 9.59 Å². The predicted octanol–water partition coefficient (Wildman–Crippen LogP) is 5.55. The van der Waals surface area contributed by atoms with Crippen LogP contribution >= 0.6 is 0 Å². The molecule has 1 saturated heterocycles. The Morgan fingerprint density at radius 1 is 0.860 bits per heavy atom. The van der Waals surface area contributed by atoms with Crippen LogP contribution in [0, 0.1) is 6.92 Å². The molecule has 1 aliphatic rings. The summed E-state index contributed by atoms with van der Waals surface area (Å²) in [4.78, 5) is 42.5. The van der Waals surface area contributed by atoms with Gasteiger partial charge in [0, 0.05) is 25.4 Å². The Morgan fingerprint density at radius 2 is 1.46 bits per heavy atom. The third kappa shape index (κ3) is 9.88. The van der Waals surface area contributed by atoms with Crippen LogP contribution in [-0.2, 0) is 47.8 Å². The van der Waals surface area contributed by atoms with Gasteiger partial charge in [0.2, 0.25) is 5.91 Å². The maximum absolute atomic E-state index is 14.2. The van der Waals surface area contributed by atoms with Crippen molar-refractivity contribution < 1.29 is 37.9 Å². The van der Waals surface area contributed by atoms with Gasteiger partial charge in [-0.3, -0.25) is 9.69 Å². The van der Waals surface area contributed by atoms with E-state index in [2.05, 4.69) is 5.32 Å². The van der Waals surface area contributed by atoms with Gasteiger partial charge in [0.05, 0.1) is 18.3 Å². The molecule has 50 heavy (non-hydrogen) atoms. The number of aryl methyl sites for hydroxylation is 1. The van der Waals surface area contributed by atoms with Gasteiger partial charge in [0.1, 0.15) is 30.0 Å². The van der Waals surface area contributed by atoms with Gasteiger partial charge in [0.25, 0.3) is 0 Å². The molecule has 0 unspecified atom stereocenters. The van der Waals surface area contributed by atoms with Crippen LogP contribution in [0.3, 0.4) is 0 Å². The standard InChI is InChI=1S/C39H51BN2O8/c1-26-16-18-27(19-17-26)24-32(42(9)36(45)48-37(2,3)4)34(43)41-31(35(44)47-25-28-14-12-11-13-15-28)23-29-20-21-33(46-10)30(22-29)40-49-38(5,6)39(7,8)50-40/h11-22,31-32H,23-25H2,1-10H3,(H,41,43)/t31-,32-/m0/s1. The minimum Gasteiger partial charge on any atom is -0.497 e. The van der Waals surface area contributed by atoms with Crippen LogP contribution in [0.15, 0.2) is 72.8 Å². The molecular formula is C39H51BN2O8. The second-order valence-corrected chi connectivity index (χ2v) is 14.8. The predicted molar refractivity (Wildman–Crippen MR) is 193 cm³/mol. The SMILES string of the molecule is COc1ccc(C[C@H](NC(=O)[C@H](Cc2ccc(C)cc2)N(C)C(=O)OC(C)(C)C)C(=O)OCc2ccccc2)cc1B1OC(C)(C)C(C)(C)O1. The average molecular weight is 687 g/mol. The Bertz CT molecular complexity index is 1620. The second-order valence-electron chi connectivity index (χ2n) is 14.8. The Labute approximate surface area is 296 Å². The molecule has 0 spiro atoms. The molecule has 0 saturated carbocycles. The van der Waals surface area contributed by atoms with Crippen molar-refractivity contribution in [3.63, 3.8) is 0 Å². The zero-order valence-electron chi connectivity index (χ0n) is 31.0. The molecule has 10 nitrogen and oxygen atoms in total. The lowest BCUT2D eigenvalue weighted by Crippen LogP contribution is -2.54. The molecule has 3 aromatic carbocycles. The Kier molecular flexibility index (Phi) is 12.1. The number of ether oxygens (including phenoxy) is 3. The van der Waals surface area contributed by atoms with Gasteiger partial charge in [0.15, 0.2) is 0 Å². The van der Waals surface area contributed by atoms with Crippen molar-refractivity contribution in [2.75, 3.05) is 14.2 Å². The number of hydrogen-bond donors (Lipinski definition) is 1. The number of amides is 2. The van der Waals surface area contributed by atoms with Crippen LogP contribution in [-0.4, -0.2) is 73.0 Å². The normalized spacial score (nSPS) is 16.2. The molecule has 3 aromatic rings. The largest absolute Gasteiger partial charge is 0.498 e. The van der Waals surface area contributed by atoms with Gasteiger partial charge >= 0.3 is 19.2 Å². The van der Waals surface area contributed by atoms with E-state index in [1.54, 1.807) is 33.9 Å². The lowest BCUT2D eigenvalue weighted by molar-refractivity contribution is -0.149. The fourth-order valence-electron chi connectivity index (χ4n) is 5.41. The Hall–Kier alpha value is -4.35. The number of carbonyl (C=O) groups excluding carboxylic acids is 3. The first-order chi connectivity index (χ1) is 23.4. The molecule has 4 rings (SSSR count). The maximum atomic E-state index is 14.2. The summed E-state index contributed by atoms with van der Waals surface area (Å²) in [5, 5.41) is 2.92. The van der Waals surface area contributed by atoms with Crippen molar-refractivity contribution in [2.45, 2.75) is 104 Å². The molecule has 0 aliphatic carbocycles. The molecule has 0 radical (unpaired) electrons. The molecule has 1 N–H and O–H groups in total. The zero-order chi connectivity index (χ0) is 36.9. The highest BCUT2D eigenvalue weighted by atomic mass is 16.7. The number of likely N-dealkylation sites (N-methyl/N-ethyl adjacent to an activating group) is 1. The third-order valence-electron chi connectivity index (χ3n) is 9.07.